The summed E-state index contributed by atoms with van der Waals surface area (Å²) in [4.78, 5) is 20.7. The van der Waals surface area contributed by atoms with Crippen LogP contribution in [0.1, 0.15) is 15.9 Å². The molecule has 0 aliphatic carbocycles. The lowest BCUT2D eigenvalue weighted by molar-refractivity contribution is -0.103. The molecule has 0 saturated carbocycles. The first-order valence-electron chi connectivity index (χ1n) is 3.63. The third-order valence-electron chi connectivity index (χ3n) is 1.47. The van der Waals surface area contributed by atoms with E-state index in [-0.39, 0.29) is 5.56 Å². The van der Waals surface area contributed by atoms with Crippen LogP contribution in [0.5, 0.6) is 0 Å². The van der Waals surface area contributed by atoms with Gasteiger partial charge in [0.1, 0.15) is 0 Å². The molecule has 0 unspecified atom stereocenters. The van der Waals surface area contributed by atoms with Gasteiger partial charge in [0.25, 0.3) is 0 Å². The molecule has 4 heteroatoms. The fourth-order valence-corrected chi connectivity index (χ4v) is 1.30. The molecule has 1 aromatic rings. The van der Waals surface area contributed by atoms with Gasteiger partial charge in [0, 0.05) is 10.0 Å². The Hall–Kier alpha value is -1.60. The Labute approximate surface area is 88.9 Å². The number of rotatable bonds is 1. The molecule has 3 nitrogen and oxygen atoms in total. The number of hydrogen-bond donors (Lipinski definition) is 1. The number of hydrogen-bond acceptors (Lipinski definition) is 2. The van der Waals surface area contributed by atoms with Crippen LogP contribution < -0.4 is 0 Å². The molecule has 1 rings (SSSR count). The number of halogens is 1. The molecule has 0 radical (unpaired) electrons. The number of carboxylic acid groups (broad SMARTS) is 1. The minimum Gasteiger partial charge on any atom is -0.478 e. The monoisotopic (exact) mass is 252 g/mol. The van der Waals surface area contributed by atoms with Gasteiger partial charge >= 0.3 is 5.97 Å². The molecule has 0 atom stereocenters. The average Bonchev–Trinajstić information content (AvgIpc) is 2.16. The topological polar surface area (TPSA) is 54.4 Å². The van der Waals surface area contributed by atoms with Crippen LogP contribution in [-0.4, -0.2) is 17.4 Å². The van der Waals surface area contributed by atoms with Crippen LogP contribution in [0.2, 0.25) is 0 Å². The molecule has 0 aliphatic rings. The number of aldehydes is 1. The first-order valence-corrected chi connectivity index (χ1v) is 4.42. The Morgan fingerprint density at radius 1 is 1.50 bits per heavy atom. The maximum Gasteiger partial charge on any atom is 0.336 e. The van der Waals surface area contributed by atoms with Gasteiger partial charge in [-0.3, -0.25) is 4.79 Å². The molecule has 1 N–H and O–H groups in total. The molecule has 0 saturated heterocycles. The molecule has 0 spiro atoms. The van der Waals surface area contributed by atoms with E-state index in [4.69, 9.17) is 5.11 Å². The van der Waals surface area contributed by atoms with Crippen molar-refractivity contribution in [2.45, 2.75) is 0 Å². The van der Waals surface area contributed by atoms with E-state index >= 15 is 0 Å². The SMILES string of the molecule is O=CC#Cc1ccc(Br)c(C(=O)O)c1. The molecular weight excluding hydrogens is 248 g/mol. The summed E-state index contributed by atoms with van der Waals surface area (Å²) in [5, 5.41) is 8.77. The van der Waals surface area contributed by atoms with Gasteiger partial charge in [-0.2, -0.15) is 0 Å². The summed E-state index contributed by atoms with van der Waals surface area (Å²) < 4.78 is 0.488. The van der Waals surface area contributed by atoms with Gasteiger partial charge in [-0.25, -0.2) is 4.79 Å². The largest absolute Gasteiger partial charge is 0.478 e. The summed E-state index contributed by atoms with van der Waals surface area (Å²) in [5.41, 5.74) is 0.625. The number of carbonyl (C=O) groups is 2. The van der Waals surface area contributed by atoms with E-state index in [9.17, 15) is 9.59 Å². The van der Waals surface area contributed by atoms with Gasteiger partial charge in [0.05, 0.1) is 5.56 Å². The summed E-state index contributed by atoms with van der Waals surface area (Å²) in [7, 11) is 0. The number of carbonyl (C=O) groups excluding carboxylic acids is 1. The highest BCUT2D eigenvalue weighted by Crippen LogP contribution is 2.17. The molecule has 0 aromatic heterocycles. The van der Waals surface area contributed by atoms with Gasteiger partial charge < -0.3 is 5.11 Å². The van der Waals surface area contributed by atoms with E-state index in [0.29, 0.717) is 16.3 Å². The van der Waals surface area contributed by atoms with Crippen LogP contribution in [0.25, 0.3) is 0 Å². The van der Waals surface area contributed by atoms with Crippen molar-refractivity contribution in [3.05, 3.63) is 33.8 Å². The van der Waals surface area contributed by atoms with Crippen LogP contribution in [0.4, 0.5) is 0 Å². The summed E-state index contributed by atoms with van der Waals surface area (Å²) in [6.45, 7) is 0. The predicted octanol–water partition coefficient (Wildman–Crippen LogP) is 1.70. The zero-order chi connectivity index (χ0) is 10.6. The molecule has 1 aromatic carbocycles. The molecular formula is C10H5BrO3. The van der Waals surface area contributed by atoms with Crippen LogP contribution in [0, 0.1) is 11.8 Å². The Morgan fingerprint density at radius 3 is 2.79 bits per heavy atom. The Kier molecular flexibility index (Phi) is 3.43. The van der Waals surface area contributed by atoms with Crippen molar-refractivity contribution >= 4 is 28.2 Å². The van der Waals surface area contributed by atoms with Crippen molar-refractivity contribution in [3.63, 3.8) is 0 Å². The molecule has 0 fully saturated rings. The first kappa shape index (κ1) is 10.5. The van der Waals surface area contributed by atoms with Crippen molar-refractivity contribution in [1.82, 2.24) is 0 Å². The molecule has 70 valence electrons. The number of benzene rings is 1. The smallest absolute Gasteiger partial charge is 0.336 e. The lowest BCUT2D eigenvalue weighted by Gasteiger charge is -1.98. The number of carboxylic acids is 1. The van der Waals surface area contributed by atoms with Crippen LogP contribution in [0.3, 0.4) is 0 Å². The first-order chi connectivity index (χ1) is 6.65. The van der Waals surface area contributed by atoms with Crippen LogP contribution in [0.15, 0.2) is 22.7 Å². The second-order valence-corrected chi connectivity index (χ2v) is 3.24. The van der Waals surface area contributed by atoms with Crippen molar-refractivity contribution in [3.8, 4) is 11.8 Å². The van der Waals surface area contributed by atoms with E-state index in [0.717, 1.165) is 0 Å². The van der Waals surface area contributed by atoms with E-state index in [1.165, 1.54) is 6.07 Å². The summed E-state index contributed by atoms with van der Waals surface area (Å²) in [6.07, 6.45) is 0.461. The van der Waals surface area contributed by atoms with Gasteiger partial charge in [-0.15, -0.1) is 0 Å². The van der Waals surface area contributed by atoms with Gasteiger partial charge in [-0.1, -0.05) is 5.92 Å². The van der Waals surface area contributed by atoms with Crippen molar-refractivity contribution in [2.75, 3.05) is 0 Å². The third kappa shape index (κ3) is 2.44. The Morgan fingerprint density at radius 2 is 2.21 bits per heavy atom. The maximum absolute atomic E-state index is 10.7. The summed E-state index contributed by atoms with van der Waals surface area (Å²) in [5.74, 6) is 3.69. The second-order valence-electron chi connectivity index (χ2n) is 2.39. The van der Waals surface area contributed by atoms with Gasteiger partial charge in [-0.05, 0) is 40.0 Å². The van der Waals surface area contributed by atoms with Crippen molar-refractivity contribution in [1.29, 1.82) is 0 Å². The highest BCUT2D eigenvalue weighted by Gasteiger charge is 2.07. The standard InChI is InChI=1S/C10H5BrO3/c11-9-4-3-7(2-1-5-12)6-8(9)10(13)14/h3-6H,(H,13,14). The highest BCUT2D eigenvalue weighted by atomic mass is 79.9. The van der Waals surface area contributed by atoms with Crippen LogP contribution >= 0.6 is 15.9 Å². The normalized spacial score (nSPS) is 8.64. The zero-order valence-corrected chi connectivity index (χ0v) is 8.54. The molecule has 0 bridgehead atoms. The zero-order valence-electron chi connectivity index (χ0n) is 6.95. The average molecular weight is 253 g/mol. The molecule has 0 amide bonds. The lowest BCUT2D eigenvalue weighted by atomic mass is 10.1. The predicted molar refractivity (Wildman–Crippen MR) is 54.0 cm³/mol. The van der Waals surface area contributed by atoms with Crippen molar-refractivity contribution < 1.29 is 14.7 Å². The molecule has 0 aliphatic heterocycles. The molecule has 14 heavy (non-hydrogen) atoms. The fourth-order valence-electron chi connectivity index (χ4n) is 0.880. The van der Waals surface area contributed by atoms with E-state index < -0.39 is 5.97 Å². The Balaban J connectivity index is 3.19. The minimum atomic E-state index is -1.04. The maximum atomic E-state index is 10.7. The quantitative estimate of drug-likeness (QED) is 0.612. The van der Waals surface area contributed by atoms with Crippen molar-refractivity contribution in [2.24, 2.45) is 0 Å². The Bertz CT molecular complexity index is 440. The summed E-state index contributed by atoms with van der Waals surface area (Å²) >= 11 is 3.10. The van der Waals surface area contributed by atoms with Gasteiger partial charge in [0.15, 0.2) is 6.29 Å². The summed E-state index contributed by atoms with van der Waals surface area (Å²) in [6, 6.07) is 4.62. The highest BCUT2D eigenvalue weighted by molar-refractivity contribution is 9.10. The number of aromatic carboxylic acids is 1. The third-order valence-corrected chi connectivity index (χ3v) is 2.16. The van der Waals surface area contributed by atoms with E-state index in [1.807, 2.05) is 0 Å². The van der Waals surface area contributed by atoms with Gasteiger partial charge in [0.2, 0.25) is 0 Å². The molecule has 0 heterocycles. The van der Waals surface area contributed by atoms with E-state index in [2.05, 4.69) is 27.8 Å². The minimum absolute atomic E-state index is 0.127. The van der Waals surface area contributed by atoms with E-state index in [1.54, 1.807) is 12.1 Å². The lowest BCUT2D eigenvalue weighted by Crippen LogP contribution is -1.97. The second kappa shape index (κ2) is 4.58. The fraction of sp³-hybridized carbons (Fsp3) is 0. The van der Waals surface area contributed by atoms with Crippen LogP contribution in [-0.2, 0) is 4.79 Å².